The summed E-state index contributed by atoms with van der Waals surface area (Å²) in [6.45, 7) is 6.43. The van der Waals surface area contributed by atoms with Crippen molar-refractivity contribution in [2.75, 3.05) is 11.9 Å². The van der Waals surface area contributed by atoms with Gasteiger partial charge in [-0.25, -0.2) is 0 Å². The highest BCUT2D eigenvalue weighted by atomic mass is 16.2. The number of hydrogen-bond donors (Lipinski definition) is 1. The third kappa shape index (κ3) is 4.91. The van der Waals surface area contributed by atoms with Crippen LogP contribution >= 0.6 is 0 Å². The number of rotatable bonds is 6. The molecule has 1 aromatic heterocycles. The smallest absolute Gasteiger partial charge is 0.248 e. The van der Waals surface area contributed by atoms with E-state index in [1.54, 1.807) is 0 Å². The summed E-state index contributed by atoms with van der Waals surface area (Å²) in [7, 11) is 0. The van der Waals surface area contributed by atoms with Gasteiger partial charge in [0.25, 0.3) is 0 Å². The zero-order valence-electron chi connectivity index (χ0n) is 17.6. The molecule has 0 radical (unpaired) electrons. The van der Waals surface area contributed by atoms with Crippen LogP contribution in [0.1, 0.15) is 37.3 Å². The number of benzene rings is 2. The highest BCUT2D eigenvalue weighted by Gasteiger charge is 2.18. The number of hydrogen-bond acceptors (Lipinski definition) is 5. The molecule has 4 rings (SSSR count). The van der Waals surface area contributed by atoms with Crippen LogP contribution in [-0.4, -0.2) is 43.6 Å². The molecule has 1 amide bonds. The van der Waals surface area contributed by atoms with E-state index < -0.39 is 0 Å². The van der Waals surface area contributed by atoms with Gasteiger partial charge in [0.15, 0.2) is 0 Å². The molecule has 0 bridgehead atoms. The van der Waals surface area contributed by atoms with E-state index in [0.717, 1.165) is 23.4 Å². The summed E-state index contributed by atoms with van der Waals surface area (Å²) in [5.74, 6) is 0.343. The normalized spacial score (nSPS) is 17.1. The molecule has 1 saturated heterocycles. The molecule has 2 heterocycles. The lowest BCUT2D eigenvalue weighted by Crippen LogP contribution is -2.36. The zero-order chi connectivity index (χ0) is 20.9. The number of aryl methyl sites for hydroxylation is 1. The number of likely N-dealkylation sites (tertiary alicyclic amines) is 1. The van der Waals surface area contributed by atoms with Gasteiger partial charge < -0.3 is 5.32 Å². The standard InChI is InChI=1S/C23H28N6O/c1-17-7-3-4-9-21(17)24-22(30)16-29-26-23(25-27-29)20-12-10-19(11-13-20)15-28-14-6-5-8-18(28)2/h3-4,7,9-13,18H,5-6,8,14-16H2,1-2H3,(H,24,30). The molecule has 0 aliphatic carbocycles. The molecule has 1 fully saturated rings. The maximum Gasteiger partial charge on any atom is 0.248 e. The van der Waals surface area contributed by atoms with Crippen molar-refractivity contribution in [3.63, 3.8) is 0 Å². The summed E-state index contributed by atoms with van der Waals surface area (Å²) in [6, 6.07) is 16.6. The number of para-hydroxylation sites is 1. The van der Waals surface area contributed by atoms with Crippen molar-refractivity contribution in [3.05, 3.63) is 59.7 Å². The van der Waals surface area contributed by atoms with Crippen LogP contribution < -0.4 is 5.32 Å². The minimum absolute atomic E-state index is 0.0201. The largest absolute Gasteiger partial charge is 0.324 e. The van der Waals surface area contributed by atoms with Crippen molar-refractivity contribution in [3.8, 4) is 11.4 Å². The zero-order valence-corrected chi connectivity index (χ0v) is 17.6. The van der Waals surface area contributed by atoms with E-state index in [2.05, 4.69) is 44.7 Å². The molecule has 2 aromatic carbocycles. The maximum absolute atomic E-state index is 12.3. The Labute approximate surface area is 177 Å². The summed E-state index contributed by atoms with van der Waals surface area (Å²) in [4.78, 5) is 16.2. The van der Waals surface area contributed by atoms with E-state index in [4.69, 9.17) is 0 Å². The number of carbonyl (C=O) groups excluding carboxylic acids is 1. The summed E-state index contributed by atoms with van der Waals surface area (Å²) < 4.78 is 0. The number of nitrogens with zero attached hydrogens (tertiary/aromatic N) is 5. The molecule has 3 aromatic rings. The Hall–Kier alpha value is -3.06. The van der Waals surface area contributed by atoms with Gasteiger partial charge in [0.1, 0.15) is 6.54 Å². The first-order valence-electron chi connectivity index (χ1n) is 10.5. The summed E-state index contributed by atoms with van der Waals surface area (Å²) in [5.41, 5.74) is 3.99. The molecule has 0 saturated carbocycles. The predicted molar refractivity (Wildman–Crippen MR) is 117 cm³/mol. The number of amides is 1. The van der Waals surface area contributed by atoms with Crippen molar-refractivity contribution < 1.29 is 4.79 Å². The summed E-state index contributed by atoms with van der Waals surface area (Å²) >= 11 is 0. The molecule has 156 valence electrons. The lowest BCUT2D eigenvalue weighted by Gasteiger charge is -2.33. The van der Waals surface area contributed by atoms with Crippen LogP contribution in [0.15, 0.2) is 48.5 Å². The van der Waals surface area contributed by atoms with E-state index in [9.17, 15) is 4.79 Å². The Bertz CT molecular complexity index is 997. The number of anilines is 1. The van der Waals surface area contributed by atoms with Gasteiger partial charge in [-0.2, -0.15) is 4.80 Å². The molecule has 1 N–H and O–H groups in total. The fraction of sp³-hybridized carbons (Fsp3) is 0.391. The number of piperidine rings is 1. The molecule has 1 aliphatic rings. The van der Waals surface area contributed by atoms with Crippen molar-refractivity contribution >= 4 is 11.6 Å². The average molecular weight is 405 g/mol. The third-order valence-corrected chi connectivity index (χ3v) is 5.70. The van der Waals surface area contributed by atoms with E-state index >= 15 is 0 Å². The van der Waals surface area contributed by atoms with E-state index in [0.29, 0.717) is 11.9 Å². The maximum atomic E-state index is 12.3. The highest BCUT2D eigenvalue weighted by Crippen LogP contribution is 2.21. The Balaban J connectivity index is 1.36. The Morgan fingerprint density at radius 3 is 2.70 bits per heavy atom. The van der Waals surface area contributed by atoms with Crippen LogP contribution in [0.4, 0.5) is 5.69 Å². The van der Waals surface area contributed by atoms with Crippen molar-refractivity contribution in [2.24, 2.45) is 0 Å². The predicted octanol–water partition coefficient (Wildman–Crippen LogP) is 3.66. The van der Waals surface area contributed by atoms with Crippen LogP contribution in [0.25, 0.3) is 11.4 Å². The minimum atomic E-state index is -0.181. The van der Waals surface area contributed by atoms with Gasteiger partial charge in [-0.05, 0) is 55.6 Å². The number of tetrazole rings is 1. The number of nitrogens with one attached hydrogen (secondary N) is 1. The van der Waals surface area contributed by atoms with Crippen LogP contribution in [0.3, 0.4) is 0 Å². The van der Waals surface area contributed by atoms with Gasteiger partial charge in [0.05, 0.1) is 0 Å². The Kier molecular flexibility index (Phi) is 6.18. The summed E-state index contributed by atoms with van der Waals surface area (Å²) in [6.07, 6.45) is 3.90. The second-order valence-corrected chi connectivity index (χ2v) is 8.02. The van der Waals surface area contributed by atoms with Crippen molar-refractivity contribution in [1.29, 1.82) is 0 Å². The topological polar surface area (TPSA) is 75.9 Å². The molecular weight excluding hydrogens is 376 g/mol. The first-order chi connectivity index (χ1) is 14.6. The molecular formula is C23H28N6O. The van der Waals surface area contributed by atoms with Gasteiger partial charge in [0.2, 0.25) is 11.7 Å². The average Bonchev–Trinajstić information content (AvgIpc) is 3.20. The first-order valence-corrected chi connectivity index (χ1v) is 10.5. The van der Waals surface area contributed by atoms with Gasteiger partial charge in [-0.3, -0.25) is 9.69 Å². The van der Waals surface area contributed by atoms with Gasteiger partial charge in [-0.1, -0.05) is 48.9 Å². The Morgan fingerprint density at radius 1 is 1.13 bits per heavy atom. The summed E-state index contributed by atoms with van der Waals surface area (Å²) in [5, 5.41) is 15.4. The lowest BCUT2D eigenvalue weighted by atomic mass is 10.0. The molecule has 30 heavy (non-hydrogen) atoms. The van der Waals surface area contributed by atoms with Gasteiger partial charge >= 0.3 is 0 Å². The van der Waals surface area contributed by atoms with Gasteiger partial charge in [-0.15, -0.1) is 10.2 Å². The molecule has 1 aliphatic heterocycles. The second kappa shape index (κ2) is 9.17. The highest BCUT2D eigenvalue weighted by molar-refractivity contribution is 5.91. The molecule has 1 atom stereocenters. The van der Waals surface area contributed by atoms with Crippen LogP contribution in [-0.2, 0) is 17.9 Å². The molecule has 7 nitrogen and oxygen atoms in total. The number of aromatic nitrogens is 4. The van der Waals surface area contributed by atoms with Crippen molar-refractivity contribution in [1.82, 2.24) is 25.1 Å². The third-order valence-electron chi connectivity index (χ3n) is 5.70. The van der Waals surface area contributed by atoms with E-state index in [1.807, 2.05) is 43.3 Å². The number of carbonyl (C=O) groups is 1. The fourth-order valence-corrected chi connectivity index (χ4v) is 3.84. The monoisotopic (exact) mass is 404 g/mol. The first kappa shape index (κ1) is 20.2. The van der Waals surface area contributed by atoms with Crippen LogP contribution in [0.2, 0.25) is 0 Å². The van der Waals surface area contributed by atoms with Crippen LogP contribution in [0, 0.1) is 6.92 Å². The quantitative estimate of drug-likeness (QED) is 0.679. The van der Waals surface area contributed by atoms with E-state index in [1.165, 1.54) is 36.2 Å². The van der Waals surface area contributed by atoms with Crippen LogP contribution in [0.5, 0.6) is 0 Å². The molecule has 1 unspecified atom stereocenters. The molecule has 7 heteroatoms. The lowest BCUT2D eigenvalue weighted by molar-refractivity contribution is -0.117. The second-order valence-electron chi connectivity index (χ2n) is 8.02. The fourth-order valence-electron chi connectivity index (χ4n) is 3.84. The minimum Gasteiger partial charge on any atom is -0.324 e. The SMILES string of the molecule is Cc1ccccc1NC(=O)Cn1nnc(-c2ccc(CN3CCCCC3C)cc2)n1. The Morgan fingerprint density at radius 2 is 1.93 bits per heavy atom. The van der Waals surface area contributed by atoms with Gasteiger partial charge in [0, 0.05) is 23.8 Å². The van der Waals surface area contributed by atoms with Crippen molar-refractivity contribution in [2.45, 2.75) is 52.2 Å². The molecule has 0 spiro atoms. The van der Waals surface area contributed by atoms with E-state index in [-0.39, 0.29) is 12.5 Å².